The standard InChI is InChI=1S/C19H26F2N2O6S/c1-3-30(26,27)23-10-8-15(9-11-23)18(25)28-13-17(24)22(2)12-14-4-6-16(7-5-14)29-19(20)21/h4-7,15,19H,3,8-13H2,1-2H3. The number of esters is 1. The van der Waals surface area contributed by atoms with Crippen molar-refractivity contribution in [3.63, 3.8) is 0 Å². The molecule has 168 valence electrons. The number of rotatable bonds is 9. The Balaban J connectivity index is 1.76. The van der Waals surface area contributed by atoms with E-state index in [1.165, 1.54) is 28.4 Å². The molecule has 1 aromatic rings. The molecule has 1 fully saturated rings. The average Bonchev–Trinajstić information content (AvgIpc) is 2.72. The topological polar surface area (TPSA) is 93.2 Å². The van der Waals surface area contributed by atoms with E-state index >= 15 is 0 Å². The predicted molar refractivity (Wildman–Crippen MR) is 104 cm³/mol. The Morgan fingerprint density at radius 2 is 1.80 bits per heavy atom. The summed E-state index contributed by atoms with van der Waals surface area (Å²) in [4.78, 5) is 25.8. The van der Waals surface area contributed by atoms with E-state index in [1.807, 2.05) is 0 Å². The molecule has 1 amide bonds. The summed E-state index contributed by atoms with van der Waals surface area (Å²) in [5.41, 5.74) is 0.697. The number of hydrogen-bond acceptors (Lipinski definition) is 6. The zero-order valence-electron chi connectivity index (χ0n) is 16.9. The highest BCUT2D eigenvalue weighted by atomic mass is 32.2. The molecule has 1 aromatic carbocycles. The van der Waals surface area contributed by atoms with Gasteiger partial charge in [-0.05, 0) is 37.5 Å². The molecule has 2 rings (SSSR count). The van der Waals surface area contributed by atoms with Crippen LogP contribution in [0.4, 0.5) is 8.78 Å². The van der Waals surface area contributed by atoms with Crippen molar-refractivity contribution in [3.05, 3.63) is 29.8 Å². The van der Waals surface area contributed by atoms with Crippen molar-refractivity contribution in [1.29, 1.82) is 0 Å². The predicted octanol–water partition coefficient (Wildman–Crippen LogP) is 1.85. The molecule has 30 heavy (non-hydrogen) atoms. The average molecular weight is 448 g/mol. The van der Waals surface area contributed by atoms with Gasteiger partial charge in [-0.3, -0.25) is 9.59 Å². The number of sulfonamides is 1. The number of amides is 1. The Morgan fingerprint density at radius 3 is 2.33 bits per heavy atom. The molecule has 0 saturated carbocycles. The maximum absolute atomic E-state index is 12.2. The molecule has 1 aliphatic heterocycles. The number of nitrogens with zero attached hydrogens (tertiary/aromatic N) is 2. The van der Waals surface area contributed by atoms with Crippen molar-refractivity contribution < 1.29 is 36.3 Å². The van der Waals surface area contributed by atoms with E-state index in [-0.39, 0.29) is 31.1 Å². The van der Waals surface area contributed by atoms with Crippen molar-refractivity contribution in [2.45, 2.75) is 32.9 Å². The van der Waals surface area contributed by atoms with Gasteiger partial charge in [0, 0.05) is 26.7 Å². The third-order valence-corrected chi connectivity index (χ3v) is 6.76. The van der Waals surface area contributed by atoms with Gasteiger partial charge in [-0.1, -0.05) is 12.1 Å². The second-order valence-electron chi connectivity index (χ2n) is 6.95. The van der Waals surface area contributed by atoms with Crippen LogP contribution < -0.4 is 4.74 Å². The van der Waals surface area contributed by atoms with Crippen molar-refractivity contribution in [2.75, 3.05) is 32.5 Å². The molecule has 11 heteroatoms. The Morgan fingerprint density at radius 1 is 1.20 bits per heavy atom. The van der Waals surface area contributed by atoms with E-state index in [0.29, 0.717) is 18.4 Å². The largest absolute Gasteiger partial charge is 0.455 e. The van der Waals surface area contributed by atoms with Crippen molar-refractivity contribution in [3.8, 4) is 5.75 Å². The van der Waals surface area contributed by atoms with Crippen molar-refractivity contribution >= 4 is 21.9 Å². The Kier molecular flexibility index (Phi) is 8.54. The molecule has 0 unspecified atom stereocenters. The van der Waals surface area contributed by atoms with E-state index in [0.717, 1.165) is 0 Å². The molecule has 0 aromatic heterocycles. The lowest BCUT2D eigenvalue weighted by atomic mass is 9.98. The zero-order valence-corrected chi connectivity index (χ0v) is 17.7. The van der Waals surface area contributed by atoms with Crippen LogP contribution in [0.25, 0.3) is 0 Å². The van der Waals surface area contributed by atoms with Gasteiger partial charge >= 0.3 is 12.6 Å². The fourth-order valence-corrected chi connectivity index (χ4v) is 4.18. The first-order chi connectivity index (χ1) is 14.1. The highest BCUT2D eigenvalue weighted by Crippen LogP contribution is 2.21. The summed E-state index contributed by atoms with van der Waals surface area (Å²) in [7, 11) is -1.73. The molecule has 0 atom stereocenters. The van der Waals surface area contributed by atoms with Crippen LogP contribution in [0.5, 0.6) is 5.75 Å². The minimum Gasteiger partial charge on any atom is -0.455 e. The molecule has 0 radical (unpaired) electrons. The van der Waals surface area contributed by atoms with Gasteiger partial charge in [0.25, 0.3) is 5.91 Å². The van der Waals surface area contributed by atoms with Crippen LogP contribution >= 0.6 is 0 Å². The molecular formula is C19H26F2N2O6S. The van der Waals surface area contributed by atoms with E-state index < -0.39 is 41.0 Å². The Bertz CT molecular complexity index is 824. The van der Waals surface area contributed by atoms with E-state index in [1.54, 1.807) is 19.1 Å². The van der Waals surface area contributed by atoms with E-state index in [2.05, 4.69) is 4.74 Å². The van der Waals surface area contributed by atoms with E-state index in [4.69, 9.17) is 4.74 Å². The number of ether oxygens (including phenoxy) is 2. The fourth-order valence-electron chi connectivity index (χ4n) is 3.05. The van der Waals surface area contributed by atoms with Crippen LogP contribution in [0, 0.1) is 5.92 Å². The second kappa shape index (κ2) is 10.7. The SMILES string of the molecule is CCS(=O)(=O)N1CCC(C(=O)OCC(=O)N(C)Cc2ccc(OC(F)F)cc2)CC1. The normalized spacial score (nSPS) is 15.8. The Labute approximate surface area is 174 Å². The Hall–Kier alpha value is -2.27. The molecule has 0 N–H and O–H groups in total. The molecule has 1 saturated heterocycles. The van der Waals surface area contributed by atoms with Crippen LogP contribution in [-0.4, -0.2) is 68.6 Å². The van der Waals surface area contributed by atoms with Crippen LogP contribution in [0.15, 0.2) is 24.3 Å². The first-order valence-corrected chi connectivity index (χ1v) is 11.2. The maximum atomic E-state index is 12.2. The molecule has 1 aliphatic rings. The van der Waals surface area contributed by atoms with Crippen molar-refractivity contribution in [1.82, 2.24) is 9.21 Å². The van der Waals surface area contributed by atoms with Gasteiger partial charge in [0.2, 0.25) is 10.0 Å². The fraction of sp³-hybridized carbons (Fsp3) is 0.579. The number of benzene rings is 1. The first kappa shape index (κ1) is 24.0. The lowest BCUT2D eigenvalue weighted by Crippen LogP contribution is -2.41. The highest BCUT2D eigenvalue weighted by Gasteiger charge is 2.31. The minimum absolute atomic E-state index is 0.0188. The molecule has 0 bridgehead atoms. The molecule has 0 aliphatic carbocycles. The summed E-state index contributed by atoms with van der Waals surface area (Å²) in [6.07, 6.45) is 0.713. The monoisotopic (exact) mass is 448 g/mol. The summed E-state index contributed by atoms with van der Waals surface area (Å²) in [6, 6.07) is 5.88. The third-order valence-electron chi connectivity index (χ3n) is 4.88. The number of piperidine rings is 1. The summed E-state index contributed by atoms with van der Waals surface area (Å²) < 4.78 is 58.8. The van der Waals surface area contributed by atoms with Crippen molar-refractivity contribution in [2.24, 2.45) is 5.92 Å². The van der Waals surface area contributed by atoms with Gasteiger partial charge in [0.1, 0.15) is 5.75 Å². The minimum atomic E-state index is -3.27. The van der Waals surface area contributed by atoms with Crippen LogP contribution in [0.3, 0.4) is 0 Å². The highest BCUT2D eigenvalue weighted by molar-refractivity contribution is 7.89. The molecule has 0 spiro atoms. The van der Waals surface area contributed by atoms with E-state index in [9.17, 15) is 26.8 Å². The molecular weight excluding hydrogens is 422 g/mol. The van der Waals surface area contributed by atoms with Gasteiger partial charge < -0.3 is 14.4 Å². The van der Waals surface area contributed by atoms with Crippen LogP contribution in [0.1, 0.15) is 25.3 Å². The zero-order chi connectivity index (χ0) is 22.3. The molecule has 1 heterocycles. The molecule has 8 nitrogen and oxygen atoms in total. The van der Waals surface area contributed by atoms with Gasteiger partial charge in [0.15, 0.2) is 6.61 Å². The van der Waals surface area contributed by atoms with Crippen LogP contribution in [0.2, 0.25) is 0 Å². The number of carbonyl (C=O) groups excluding carboxylic acids is 2. The number of likely N-dealkylation sites (N-methyl/N-ethyl adjacent to an activating group) is 1. The van der Waals surface area contributed by atoms with Gasteiger partial charge in [0.05, 0.1) is 11.7 Å². The maximum Gasteiger partial charge on any atom is 0.387 e. The summed E-state index contributed by atoms with van der Waals surface area (Å²) in [6.45, 7) is -1.03. The smallest absolute Gasteiger partial charge is 0.387 e. The third kappa shape index (κ3) is 6.91. The number of carbonyl (C=O) groups is 2. The summed E-state index contributed by atoms with van der Waals surface area (Å²) in [5.74, 6) is -1.32. The lowest BCUT2D eigenvalue weighted by molar-refractivity contribution is -0.156. The quantitative estimate of drug-likeness (QED) is 0.536. The lowest BCUT2D eigenvalue weighted by Gasteiger charge is -2.29. The number of alkyl halides is 2. The first-order valence-electron chi connectivity index (χ1n) is 9.54. The summed E-state index contributed by atoms with van der Waals surface area (Å²) in [5, 5.41) is 0. The van der Waals surface area contributed by atoms with Gasteiger partial charge in [-0.25, -0.2) is 12.7 Å². The number of hydrogen-bond donors (Lipinski definition) is 0. The van der Waals surface area contributed by atoms with Gasteiger partial charge in [-0.15, -0.1) is 0 Å². The summed E-state index contributed by atoms with van der Waals surface area (Å²) >= 11 is 0. The number of halogens is 2. The van der Waals surface area contributed by atoms with Crippen LogP contribution in [-0.2, 0) is 30.9 Å². The second-order valence-corrected chi connectivity index (χ2v) is 9.21. The van der Waals surface area contributed by atoms with Gasteiger partial charge in [-0.2, -0.15) is 8.78 Å².